The molecule has 0 aromatic heterocycles. The minimum absolute atomic E-state index is 0.0446. The molecule has 61 heavy (non-hydrogen) atoms. The third-order valence-electron chi connectivity index (χ3n) is 11.6. The summed E-state index contributed by atoms with van der Waals surface area (Å²) in [6.45, 7) is 24.0. The van der Waals surface area contributed by atoms with Crippen LogP contribution >= 0.6 is 0 Å². The molecule has 0 aliphatic heterocycles. The van der Waals surface area contributed by atoms with Crippen molar-refractivity contribution in [2.45, 2.75) is 172 Å². The Morgan fingerprint density at radius 1 is 0.705 bits per heavy atom. The molecular formula is C58H84O3. The van der Waals surface area contributed by atoms with E-state index in [0.29, 0.717) is 12.3 Å². The topological polar surface area (TPSA) is 46.5 Å². The van der Waals surface area contributed by atoms with Gasteiger partial charge in [0.25, 0.3) is 0 Å². The lowest BCUT2D eigenvalue weighted by atomic mass is 9.67. The van der Waals surface area contributed by atoms with Crippen LogP contribution in [0.3, 0.4) is 0 Å². The molecule has 334 valence electrons. The van der Waals surface area contributed by atoms with Crippen LogP contribution in [-0.4, -0.2) is 23.3 Å². The number of carbonyl (C=O) groups excluding carboxylic acids is 1. The molecule has 0 saturated heterocycles. The lowest BCUT2D eigenvalue weighted by molar-refractivity contribution is -0.150. The van der Waals surface area contributed by atoms with E-state index in [1.54, 1.807) is 0 Å². The Bertz CT molecular complexity index is 1790. The number of carbonyl (C=O) groups is 1. The number of esters is 1. The number of allylic oxidation sites excluding steroid dienone is 26. The second-order valence-corrected chi connectivity index (χ2v) is 18.8. The first-order valence-corrected chi connectivity index (χ1v) is 23.3. The van der Waals surface area contributed by atoms with Crippen molar-refractivity contribution in [3.05, 3.63) is 167 Å². The summed E-state index contributed by atoms with van der Waals surface area (Å²) < 4.78 is 6.01. The Morgan fingerprint density at radius 3 is 1.85 bits per heavy atom. The van der Waals surface area contributed by atoms with Crippen molar-refractivity contribution in [3.8, 4) is 0 Å². The highest BCUT2D eigenvalue weighted by Gasteiger charge is 2.35. The van der Waals surface area contributed by atoms with Crippen LogP contribution in [0.1, 0.15) is 160 Å². The number of aliphatic hydroxyl groups excluding tert-OH is 1. The van der Waals surface area contributed by atoms with Gasteiger partial charge in [-0.05, 0) is 109 Å². The molecule has 2 rings (SSSR count). The first-order chi connectivity index (χ1) is 29.0. The lowest BCUT2D eigenvalue weighted by Gasteiger charge is -2.38. The number of rotatable bonds is 24. The van der Waals surface area contributed by atoms with Gasteiger partial charge in [0, 0.05) is 18.8 Å². The first kappa shape index (κ1) is 52.9. The molecule has 1 N–H and O–H groups in total. The Balaban J connectivity index is 1.75. The molecule has 3 heteroatoms. The summed E-state index contributed by atoms with van der Waals surface area (Å²) in [6, 6.07) is 0. The monoisotopic (exact) mass is 829 g/mol. The highest BCUT2D eigenvalue weighted by Crippen LogP contribution is 2.43. The van der Waals surface area contributed by atoms with Crippen molar-refractivity contribution in [3.63, 3.8) is 0 Å². The van der Waals surface area contributed by atoms with E-state index in [9.17, 15) is 9.90 Å². The van der Waals surface area contributed by atoms with Crippen molar-refractivity contribution >= 4 is 5.97 Å². The summed E-state index contributed by atoms with van der Waals surface area (Å²) in [6.07, 6.45) is 58.1. The van der Waals surface area contributed by atoms with Crippen molar-refractivity contribution in [1.82, 2.24) is 0 Å². The number of aliphatic hydroxyl groups is 1. The summed E-state index contributed by atoms with van der Waals surface area (Å²) in [4.78, 5) is 12.7. The van der Waals surface area contributed by atoms with Crippen molar-refractivity contribution in [2.75, 3.05) is 0 Å². The molecule has 2 aliphatic rings. The maximum absolute atomic E-state index is 12.7. The summed E-state index contributed by atoms with van der Waals surface area (Å²) in [7, 11) is 0. The highest BCUT2D eigenvalue weighted by atomic mass is 16.5. The van der Waals surface area contributed by atoms with Crippen LogP contribution in [0.5, 0.6) is 0 Å². The van der Waals surface area contributed by atoms with Crippen LogP contribution in [0.25, 0.3) is 0 Å². The minimum atomic E-state index is -0.339. The molecule has 0 saturated carbocycles. The minimum Gasteiger partial charge on any atom is -0.462 e. The third-order valence-corrected chi connectivity index (χ3v) is 11.6. The zero-order chi connectivity index (χ0) is 45.1. The summed E-state index contributed by atoms with van der Waals surface area (Å²) >= 11 is 0. The third kappa shape index (κ3) is 23.0. The zero-order valence-corrected chi connectivity index (χ0v) is 40.3. The standard InChI is InChI=1S/C58H84O3/c1-12-13-14-15-16-17-18-19-20-21-22-23-24-25-26-37-56(60)61-53-43-51(7)55(58(10,11)45-53)41-39-49(5)36-30-34-47(3)32-28-27-31-46(2)33-29-35-48(4)38-40-54-50(6)42-52(59)44-57(54,8)9/h13-14,16-17,19-20,27-36,38-42,52-54,59H,12,15,18,21-26,37,43-45H2,1-11H3/b14-13-,17-16-,20-19?,28-27+,33-29-,34-30-,40-38+,41-39+,46-31+,47-32+,48-35-,49-36-. The van der Waals surface area contributed by atoms with Crippen LogP contribution in [0.15, 0.2) is 167 Å². The van der Waals surface area contributed by atoms with E-state index in [2.05, 4.69) is 198 Å². The van der Waals surface area contributed by atoms with E-state index in [1.807, 2.05) is 6.08 Å². The zero-order valence-electron chi connectivity index (χ0n) is 40.3. The van der Waals surface area contributed by atoms with Crippen molar-refractivity contribution < 1.29 is 14.6 Å². The molecule has 0 amide bonds. The molecule has 0 radical (unpaired) electrons. The Kier molecular flexibility index (Phi) is 25.3. The number of ether oxygens (including phenoxy) is 1. The molecule has 0 spiro atoms. The maximum atomic E-state index is 12.7. The second-order valence-electron chi connectivity index (χ2n) is 18.8. The van der Waals surface area contributed by atoms with Crippen LogP contribution in [0, 0.1) is 16.7 Å². The Labute approximate surface area is 374 Å². The number of unbranched alkanes of at least 4 members (excludes halogenated alkanes) is 5. The molecule has 2 aliphatic carbocycles. The summed E-state index contributed by atoms with van der Waals surface area (Å²) in [5, 5.41) is 10.1. The SMILES string of the molecule is CC/C=C\C/C=C\CC=CCCCCCCCC(=O)OC1CC(C)=C(/C=C/C(C)=C\C=C/C(C)=C/C=C/C=C(C)/C=C\C=C(C)/C=C/C2C(C)=CC(O)CC2(C)C)C(C)(C)C1. The van der Waals surface area contributed by atoms with Gasteiger partial charge in [0.2, 0.25) is 0 Å². The smallest absolute Gasteiger partial charge is 0.306 e. The van der Waals surface area contributed by atoms with Gasteiger partial charge in [-0.2, -0.15) is 0 Å². The van der Waals surface area contributed by atoms with Gasteiger partial charge in [-0.15, -0.1) is 0 Å². The largest absolute Gasteiger partial charge is 0.462 e. The first-order valence-electron chi connectivity index (χ1n) is 23.3. The molecule has 0 heterocycles. The van der Waals surface area contributed by atoms with E-state index in [1.165, 1.54) is 58.3 Å². The van der Waals surface area contributed by atoms with Crippen molar-refractivity contribution in [2.24, 2.45) is 16.7 Å². The highest BCUT2D eigenvalue weighted by molar-refractivity contribution is 5.69. The van der Waals surface area contributed by atoms with E-state index in [0.717, 1.165) is 57.8 Å². The van der Waals surface area contributed by atoms with Gasteiger partial charge < -0.3 is 9.84 Å². The van der Waals surface area contributed by atoms with E-state index in [-0.39, 0.29) is 29.0 Å². The number of hydrogen-bond acceptors (Lipinski definition) is 3. The Morgan fingerprint density at radius 2 is 1.25 bits per heavy atom. The predicted molar refractivity (Wildman–Crippen MR) is 267 cm³/mol. The molecule has 0 fully saturated rings. The predicted octanol–water partition coefficient (Wildman–Crippen LogP) is 16.5. The molecule has 3 unspecified atom stereocenters. The molecule has 0 bridgehead atoms. The van der Waals surface area contributed by atoms with Gasteiger partial charge in [-0.25, -0.2) is 0 Å². The van der Waals surface area contributed by atoms with Gasteiger partial charge in [-0.1, -0.05) is 215 Å². The summed E-state index contributed by atoms with van der Waals surface area (Å²) in [5.41, 5.74) is 8.64. The van der Waals surface area contributed by atoms with Crippen LogP contribution < -0.4 is 0 Å². The molecule has 3 atom stereocenters. The number of hydrogen-bond donors (Lipinski definition) is 1. The second kappa shape index (κ2) is 29.2. The van der Waals surface area contributed by atoms with E-state index >= 15 is 0 Å². The maximum Gasteiger partial charge on any atom is 0.306 e. The quantitative estimate of drug-likeness (QED) is 0.0456. The van der Waals surface area contributed by atoms with Crippen molar-refractivity contribution in [1.29, 1.82) is 0 Å². The molecular weight excluding hydrogens is 745 g/mol. The van der Waals surface area contributed by atoms with E-state index < -0.39 is 0 Å². The average molecular weight is 829 g/mol. The fourth-order valence-electron chi connectivity index (χ4n) is 8.33. The van der Waals surface area contributed by atoms with Crippen LogP contribution in [-0.2, 0) is 9.53 Å². The average Bonchev–Trinajstić information content (AvgIpc) is 3.16. The fraction of sp³-hybridized carbons (Fsp3) is 0.500. The van der Waals surface area contributed by atoms with Gasteiger partial charge in [0.05, 0.1) is 6.10 Å². The van der Waals surface area contributed by atoms with Gasteiger partial charge >= 0.3 is 5.97 Å². The summed E-state index contributed by atoms with van der Waals surface area (Å²) in [5.74, 6) is 0.294. The molecule has 3 nitrogen and oxygen atoms in total. The van der Waals surface area contributed by atoms with Crippen LogP contribution in [0.4, 0.5) is 0 Å². The van der Waals surface area contributed by atoms with E-state index in [4.69, 9.17) is 4.74 Å². The fourth-order valence-corrected chi connectivity index (χ4v) is 8.33. The normalized spacial score (nSPS) is 22.3. The van der Waals surface area contributed by atoms with Crippen LogP contribution in [0.2, 0.25) is 0 Å². The Hall–Kier alpha value is -4.21. The van der Waals surface area contributed by atoms with Gasteiger partial charge in [0.15, 0.2) is 0 Å². The van der Waals surface area contributed by atoms with Gasteiger partial charge in [0.1, 0.15) is 6.10 Å². The lowest BCUT2D eigenvalue weighted by Crippen LogP contribution is -2.32. The molecule has 0 aromatic rings. The molecule has 0 aromatic carbocycles. The van der Waals surface area contributed by atoms with Gasteiger partial charge in [-0.3, -0.25) is 4.79 Å².